The highest BCUT2D eigenvalue weighted by molar-refractivity contribution is 6.30. The van der Waals surface area contributed by atoms with Gasteiger partial charge >= 0.3 is 5.69 Å². The van der Waals surface area contributed by atoms with Crippen molar-refractivity contribution in [2.24, 2.45) is 0 Å². The molecule has 0 amide bonds. The lowest BCUT2D eigenvalue weighted by Gasteiger charge is -2.09. The highest BCUT2D eigenvalue weighted by Crippen LogP contribution is 2.12. The van der Waals surface area contributed by atoms with Crippen LogP contribution in [0.15, 0.2) is 35.5 Å². The molecule has 2 aromatic heterocycles. The predicted octanol–water partition coefficient (Wildman–Crippen LogP) is 1.38. The maximum absolute atomic E-state index is 11.5. The first-order chi connectivity index (χ1) is 8.20. The summed E-state index contributed by atoms with van der Waals surface area (Å²) >= 11 is 5.80. The molecular formula is C11H11ClN4O. The third-order valence-electron chi connectivity index (χ3n) is 2.29. The van der Waals surface area contributed by atoms with Crippen molar-refractivity contribution >= 4 is 17.4 Å². The fourth-order valence-corrected chi connectivity index (χ4v) is 1.68. The van der Waals surface area contributed by atoms with Crippen molar-refractivity contribution in [3.8, 4) is 0 Å². The summed E-state index contributed by atoms with van der Waals surface area (Å²) in [7, 11) is 1.78. The Hall–Kier alpha value is -1.88. The summed E-state index contributed by atoms with van der Waals surface area (Å²) in [4.78, 5) is 19.4. The van der Waals surface area contributed by atoms with E-state index >= 15 is 0 Å². The molecule has 0 aliphatic carbocycles. The van der Waals surface area contributed by atoms with Crippen molar-refractivity contribution in [2.45, 2.75) is 6.54 Å². The lowest BCUT2D eigenvalue weighted by atomic mass is 10.2. The van der Waals surface area contributed by atoms with Gasteiger partial charge in [0.2, 0.25) is 0 Å². The normalized spacial score (nSPS) is 10.2. The predicted molar refractivity (Wildman–Crippen MR) is 66.4 cm³/mol. The number of anilines is 1. The van der Waals surface area contributed by atoms with Crippen LogP contribution in [0.2, 0.25) is 5.02 Å². The van der Waals surface area contributed by atoms with E-state index in [0.717, 1.165) is 11.4 Å². The quantitative estimate of drug-likeness (QED) is 0.894. The second kappa shape index (κ2) is 4.97. The minimum Gasteiger partial charge on any atom is -0.373 e. The maximum atomic E-state index is 11.5. The second-order valence-corrected chi connectivity index (χ2v) is 3.88. The Bertz CT molecular complexity index is 582. The Morgan fingerprint density at radius 3 is 3.06 bits per heavy atom. The molecule has 0 aliphatic rings. The van der Waals surface area contributed by atoms with Crippen LogP contribution in [0.1, 0.15) is 5.56 Å². The van der Waals surface area contributed by atoms with E-state index in [1.54, 1.807) is 19.4 Å². The van der Waals surface area contributed by atoms with Crippen LogP contribution in [0.3, 0.4) is 0 Å². The number of nitrogens with zero attached hydrogens (tertiary/aromatic N) is 3. The molecule has 0 spiro atoms. The summed E-state index contributed by atoms with van der Waals surface area (Å²) in [5.74, 6) is 0.736. The zero-order chi connectivity index (χ0) is 12.3. The molecule has 17 heavy (non-hydrogen) atoms. The molecular weight excluding hydrogens is 240 g/mol. The monoisotopic (exact) mass is 250 g/mol. The smallest absolute Gasteiger partial charge is 0.347 e. The molecule has 0 fully saturated rings. The third-order valence-corrected chi connectivity index (χ3v) is 2.49. The number of hydrogen-bond donors (Lipinski definition) is 1. The van der Waals surface area contributed by atoms with E-state index in [4.69, 9.17) is 11.6 Å². The summed E-state index contributed by atoms with van der Waals surface area (Å²) in [5.41, 5.74) is 0.571. The third kappa shape index (κ3) is 2.62. The number of pyridine rings is 1. The highest BCUT2D eigenvalue weighted by Gasteiger charge is 2.04. The zero-order valence-electron chi connectivity index (χ0n) is 9.22. The SMILES string of the molecule is CNc1ncccc1Cn1cc(Cl)cnc1=O. The standard InChI is InChI=1S/C11H11ClN4O/c1-13-10-8(3-2-4-14-10)6-16-7-9(12)5-15-11(16)17/h2-5,7H,6H2,1H3,(H,13,14). The summed E-state index contributed by atoms with van der Waals surface area (Å²) in [6.07, 6.45) is 4.58. The number of hydrogen-bond acceptors (Lipinski definition) is 4. The Morgan fingerprint density at radius 2 is 2.29 bits per heavy atom. The number of halogens is 1. The van der Waals surface area contributed by atoms with Gasteiger partial charge in [0.1, 0.15) is 5.82 Å². The summed E-state index contributed by atoms with van der Waals surface area (Å²) in [6.45, 7) is 0.385. The van der Waals surface area contributed by atoms with Crippen LogP contribution in [0.25, 0.3) is 0 Å². The molecule has 0 saturated heterocycles. The van der Waals surface area contributed by atoms with Crippen LogP contribution in [0, 0.1) is 0 Å². The lowest BCUT2D eigenvalue weighted by Crippen LogP contribution is -2.22. The van der Waals surface area contributed by atoms with Gasteiger partial charge in [-0.05, 0) is 6.07 Å². The molecule has 6 heteroatoms. The minimum absolute atomic E-state index is 0.333. The van der Waals surface area contributed by atoms with Crippen LogP contribution in [0.5, 0.6) is 0 Å². The van der Waals surface area contributed by atoms with E-state index in [9.17, 15) is 4.79 Å². The Kier molecular flexibility index (Phi) is 3.39. The van der Waals surface area contributed by atoms with Crippen LogP contribution < -0.4 is 11.0 Å². The number of aromatic nitrogens is 3. The number of nitrogens with one attached hydrogen (secondary N) is 1. The molecule has 0 unspecified atom stereocenters. The lowest BCUT2D eigenvalue weighted by molar-refractivity contribution is 0.726. The average molecular weight is 251 g/mol. The molecule has 0 radical (unpaired) electrons. The van der Waals surface area contributed by atoms with Crippen LogP contribution >= 0.6 is 11.6 Å². The van der Waals surface area contributed by atoms with Gasteiger partial charge in [-0.15, -0.1) is 0 Å². The van der Waals surface area contributed by atoms with Crippen LogP contribution in [-0.2, 0) is 6.54 Å². The molecule has 2 rings (SSSR count). The first-order valence-electron chi connectivity index (χ1n) is 5.04. The molecule has 5 nitrogen and oxygen atoms in total. The van der Waals surface area contributed by atoms with E-state index in [-0.39, 0.29) is 5.69 Å². The molecule has 0 aliphatic heterocycles. The summed E-state index contributed by atoms with van der Waals surface area (Å²) in [5, 5.41) is 3.40. The summed E-state index contributed by atoms with van der Waals surface area (Å²) < 4.78 is 1.44. The van der Waals surface area contributed by atoms with E-state index in [2.05, 4.69) is 15.3 Å². The molecule has 88 valence electrons. The average Bonchev–Trinajstić information content (AvgIpc) is 2.34. The number of rotatable bonds is 3. The minimum atomic E-state index is -0.333. The van der Waals surface area contributed by atoms with Crippen molar-refractivity contribution in [3.63, 3.8) is 0 Å². The van der Waals surface area contributed by atoms with E-state index in [0.29, 0.717) is 11.6 Å². The molecule has 2 heterocycles. The Morgan fingerprint density at radius 1 is 1.47 bits per heavy atom. The topological polar surface area (TPSA) is 59.8 Å². The van der Waals surface area contributed by atoms with Gasteiger partial charge in [0.25, 0.3) is 0 Å². The van der Waals surface area contributed by atoms with Crippen molar-refractivity contribution in [3.05, 3.63) is 51.8 Å². The molecule has 0 atom stereocenters. The van der Waals surface area contributed by atoms with Crippen molar-refractivity contribution < 1.29 is 0 Å². The van der Waals surface area contributed by atoms with Gasteiger partial charge in [-0.2, -0.15) is 0 Å². The molecule has 0 bridgehead atoms. The van der Waals surface area contributed by atoms with Gasteiger partial charge in [-0.25, -0.2) is 14.8 Å². The van der Waals surface area contributed by atoms with Gasteiger partial charge in [0.15, 0.2) is 0 Å². The van der Waals surface area contributed by atoms with Gasteiger partial charge in [-0.3, -0.25) is 4.57 Å². The largest absolute Gasteiger partial charge is 0.373 e. The van der Waals surface area contributed by atoms with E-state index in [1.165, 1.54) is 10.8 Å². The highest BCUT2D eigenvalue weighted by atomic mass is 35.5. The molecule has 1 N–H and O–H groups in total. The molecule has 0 aromatic carbocycles. The molecule has 0 saturated carbocycles. The fourth-order valence-electron chi connectivity index (χ4n) is 1.52. The van der Waals surface area contributed by atoms with Gasteiger partial charge in [0, 0.05) is 25.0 Å². The molecule has 2 aromatic rings. The second-order valence-electron chi connectivity index (χ2n) is 3.44. The first kappa shape index (κ1) is 11.6. The Balaban J connectivity index is 2.37. The zero-order valence-corrected chi connectivity index (χ0v) is 9.98. The van der Waals surface area contributed by atoms with Gasteiger partial charge < -0.3 is 5.32 Å². The van der Waals surface area contributed by atoms with Crippen molar-refractivity contribution in [1.82, 2.24) is 14.5 Å². The van der Waals surface area contributed by atoms with Crippen LogP contribution in [0.4, 0.5) is 5.82 Å². The van der Waals surface area contributed by atoms with Gasteiger partial charge in [0.05, 0.1) is 17.8 Å². The fraction of sp³-hybridized carbons (Fsp3) is 0.182. The van der Waals surface area contributed by atoms with Crippen molar-refractivity contribution in [1.29, 1.82) is 0 Å². The first-order valence-corrected chi connectivity index (χ1v) is 5.42. The maximum Gasteiger partial charge on any atom is 0.347 e. The van der Waals surface area contributed by atoms with E-state index in [1.807, 2.05) is 12.1 Å². The van der Waals surface area contributed by atoms with Crippen molar-refractivity contribution in [2.75, 3.05) is 12.4 Å². The Labute approximate surface area is 103 Å². The van der Waals surface area contributed by atoms with Gasteiger partial charge in [-0.1, -0.05) is 17.7 Å². The summed E-state index contributed by atoms with van der Waals surface area (Å²) in [6, 6.07) is 3.71. The van der Waals surface area contributed by atoms with Crippen LogP contribution in [-0.4, -0.2) is 21.6 Å². The van der Waals surface area contributed by atoms with E-state index < -0.39 is 0 Å².